The number of rotatable bonds is 9. The molecular formula is C21H27N3O4. The number of nitrogens with zero attached hydrogens (tertiary/aromatic N) is 1. The lowest BCUT2D eigenvalue weighted by Crippen LogP contribution is -2.33. The summed E-state index contributed by atoms with van der Waals surface area (Å²) in [4.78, 5) is 20.4. The molecule has 150 valence electrons. The van der Waals surface area contributed by atoms with Crippen LogP contribution in [0.5, 0.6) is 0 Å². The average Bonchev–Trinajstić information content (AvgIpc) is 3.48. The van der Waals surface area contributed by atoms with Crippen LogP contribution in [0.15, 0.2) is 36.1 Å². The molecule has 1 aromatic heterocycles. The van der Waals surface area contributed by atoms with E-state index >= 15 is 0 Å². The highest BCUT2D eigenvalue weighted by molar-refractivity contribution is 5.91. The van der Waals surface area contributed by atoms with Gasteiger partial charge in [0, 0.05) is 13.0 Å². The molecular weight excluding hydrogens is 358 g/mol. The summed E-state index contributed by atoms with van der Waals surface area (Å²) in [5, 5.41) is 11.8. The normalized spacial score (nSPS) is 22.0. The largest absolute Gasteiger partial charge is 0.459 e. The second kappa shape index (κ2) is 8.75. The molecule has 1 amide bonds. The third kappa shape index (κ3) is 4.72. The van der Waals surface area contributed by atoms with Gasteiger partial charge in [0.15, 0.2) is 5.76 Å². The number of para-hydroxylation sites is 2. The SMILES string of the molecule is O=C(NCc1nc2ccccc2[nH]1)C1=CC(C2CC2)CC(OCCCCO)O1. The monoisotopic (exact) mass is 385 g/mol. The van der Waals surface area contributed by atoms with Crippen LogP contribution in [0.4, 0.5) is 0 Å². The van der Waals surface area contributed by atoms with Crippen LogP contribution in [-0.4, -0.2) is 40.5 Å². The summed E-state index contributed by atoms with van der Waals surface area (Å²) >= 11 is 0. The molecule has 1 aromatic carbocycles. The quantitative estimate of drug-likeness (QED) is 0.577. The Morgan fingerprint density at radius 2 is 2.18 bits per heavy atom. The molecule has 0 radical (unpaired) electrons. The number of benzene rings is 1. The summed E-state index contributed by atoms with van der Waals surface area (Å²) in [6.45, 7) is 0.996. The minimum absolute atomic E-state index is 0.162. The minimum Gasteiger partial charge on any atom is -0.459 e. The number of aromatic nitrogens is 2. The summed E-state index contributed by atoms with van der Waals surface area (Å²) in [6.07, 6.45) is 6.23. The number of unbranched alkanes of at least 4 members (excludes halogenated alkanes) is 1. The van der Waals surface area contributed by atoms with Crippen LogP contribution >= 0.6 is 0 Å². The fourth-order valence-corrected chi connectivity index (χ4v) is 3.57. The number of aliphatic hydroxyl groups excluding tert-OH is 1. The van der Waals surface area contributed by atoms with Crippen molar-refractivity contribution in [3.05, 3.63) is 41.9 Å². The van der Waals surface area contributed by atoms with Gasteiger partial charge in [-0.05, 0) is 55.7 Å². The van der Waals surface area contributed by atoms with E-state index < -0.39 is 6.29 Å². The van der Waals surface area contributed by atoms with Gasteiger partial charge in [-0.2, -0.15) is 0 Å². The van der Waals surface area contributed by atoms with E-state index in [2.05, 4.69) is 15.3 Å². The van der Waals surface area contributed by atoms with Crippen molar-refractivity contribution in [2.24, 2.45) is 11.8 Å². The van der Waals surface area contributed by atoms with Gasteiger partial charge in [0.1, 0.15) is 5.82 Å². The molecule has 2 aliphatic rings. The zero-order chi connectivity index (χ0) is 19.3. The lowest BCUT2D eigenvalue weighted by molar-refractivity contribution is -0.150. The fourth-order valence-electron chi connectivity index (χ4n) is 3.57. The Morgan fingerprint density at radius 3 is 2.96 bits per heavy atom. The molecule has 0 saturated heterocycles. The Kier molecular flexibility index (Phi) is 5.92. The average molecular weight is 385 g/mol. The number of aliphatic hydroxyl groups is 1. The van der Waals surface area contributed by atoms with Crippen molar-refractivity contribution in [2.75, 3.05) is 13.2 Å². The molecule has 0 bridgehead atoms. The second-order valence-electron chi connectivity index (χ2n) is 7.50. The van der Waals surface area contributed by atoms with E-state index in [9.17, 15) is 4.79 Å². The van der Waals surface area contributed by atoms with Gasteiger partial charge in [-0.1, -0.05) is 12.1 Å². The topological polar surface area (TPSA) is 96.5 Å². The number of nitrogens with one attached hydrogen (secondary N) is 2. The van der Waals surface area contributed by atoms with Crippen molar-refractivity contribution in [3.63, 3.8) is 0 Å². The highest BCUT2D eigenvalue weighted by atomic mass is 16.7. The van der Waals surface area contributed by atoms with Gasteiger partial charge in [-0.3, -0.25) is 4.79 Å². The first-order chi connectivity index (χ1) is 13.7. The zero-order valence-electron chi connectivity index (χ0n) is 15.9. The molecule has 2 aromatic rings. The molecule has 1 fully saturated rings. The van der Waals surface area contributed by atoms with Crippen molar-refractivity contribution in [1.82, 2.24) is 15.3 Å². The number of hydrogen-bond donors (Lipinski definition) is 3. The van der Waals surface area contributed by atoms with Gasteiger partial charge >= 0.3 is 0 Å². The van der Waals surface area contributed by atoms with Crippen molar-refractivity contribution in [2.45, 2.75) is 44.9 Å². The second-order valence-corrected chi connectivity index (χ2v) is 7.50. The van der Waals surface area contributed by atoms with Crippen LogP contribution in [0, 0.1) is 11.8 Å². The highest BCUT2D eigenvalue weighted by Crippen LogP contribution is 2.42. The van der Waals surface area contributed by atoms with Crippen LogP contribution in [0.25, 0.3) is 11.0 Å². The molecule has 0 spiro atoms. The number of H-pyrrole nitrogens is 1. The summed E-state index contributed by atoms with van der Waals surface area (Å²) < 4.78 is 11.6. The molecule has 3 N–H and O–H groups in total. The lowest BCUT2D eigenvalue weighted by Gasteiger charge is -2.29. The Labute approximate surface area is 164 Å². The first-order valence-corrected chi connectivity index (χ1v) is 10.1. The van der Waals surface area contributed by atoms with Crippen LogP contribution in [0.2, 0.25) is 0 Å². The molecule has 7 nitrogen and oxygen atoms in total. The van der Waals surface area contributed by atoms with Crippen molar-refractivity contribution in [3.8, 4) is 0 Å². The molecule has 2 heterocycles. The zero-order valence-corrected chi connectivity index (χ0v) is 15.9. The standard InChI is InChI=1S/C21H27N3O4/c25-9-3-4-10-27-20-12-15(14-7-8-14)11-18(28-20)21(26)22-13-19-23-16-5-1-2-6-17(16)24-19/h1-2,5-6,11,14-15,20,25H,3-4,7-10,12-13H2,(H,22,26)(H,23,24). The molecule has 28 heavy (non-hydrogen) atoms. The number of allylic oxidation sites excluding steroid dienone is 1. The minimum atomic E-state index is -0.402. The Morgan fingerprint density at radius 1 is 1.32 bits per heavy atom. The molecule has 1 aliphatic heterocycles. The molecule has 1 aliphatic carbocycles. The predicted octanol–water partition coefficient (Wildman–Crippen LogP) is 2.62. The highest BCUT2D eigenvalue weighted by Gasteiger charge is 2.37. The van der Waals surface area contributed by atoms with E-state index in [0.29, 0.717) is 43.0 Å². The summed E-state index contributed by atoms with van der Waals surface area (Å²) in [6, 6.07) is 7.77. The van der Waals surface area contributed by atoms with E-state index in [1.54, 1.807) is 0 Å². The summed E-state index contributed by atoms with van der Waals surface area (Å²) in [5.41, 5.74) is 1.83. The van der Waals surface area contributed by atoms with Gasteiger partial charge in [-0.25, -0.2) is 4.98 Å². The van der Waals surface area contributed by atoms with Crippen LogP contribution < -0.4 is 5.32 Å². The molecule has 2 atom stereocenters. The maximum atomic E-state index is 12.7. The third-order valence-corrected chi connectivity index (χ3v) is 5.25. The van der Waals surface area contributed by atoms with Gasteiger partial charge in [-0.15, -0.1) is 0 Å². The first kappa shape index (κ1) is 19.0. The number of imidazole rings is 1. The first-order valence-electron chi connectivity index (χ1n) is 10.1. The summed E-state index contributed by atoms with van der Waals surface area (Å²) in [7, 11) is 0. The predicted molar refractivity (Wildman–Crippen MR) is 104 cm³/mol. The molecule has 1 saturated carbocycles. The molecule has 7 heteroatoms. The van der Waals surface area contributed by atoms with Crippen LogP contribution in [0.3, 0.4) is 0 Å². The summed E-state index contributed by atoms with van der Waals surface area (Å²) in [5.74, 6) is 1.76. The number of hydrogen-bond acceptors (Lipinski definition) is 5. The van der Waals surface area contributed by atoms with Crippen LogP contribution in [0.1, 0.15) is 37.9 Å². The van der Waals surface area contributed by atoms with E-state index in [1.165, 1.54) is 12.8 Å². The third-order valence-electron chi connectivity index (χ3n) is 5.25. The fraction of sp³-hybridized carbons (Fsp3) is 0.524. The lowest BCUT2D eigenvalue weighted by atomic mass is 9.96. The number of carbonyl (C=O) groups is 1. The number of ether oxygens (including phenoxy) is 2. The van der Waals surface area contributed by atoms with Gasteiger partial charge in [0.25, 0.3) is 5.91 Å². The van der Waals surface area contributed by atoms with Crippen molar-refractivity contribution >= 4 is 16.9 Å². The van der Waals surface area contributed by atoms with E-state index in [0.717, 1.165) is 23.9 Å². The molecule has 4 rings (SSSR count). The Balaban J connectivity index is 1.35. The van der Waals surface area contributed by atoms with Crippen molar-refractivity contribution < 1.29 is 19.4 Å². The maximum absolute atomic E-state index is 12.7. The van der Waals surface area contributed by atoms with Gasteiger partial charge in [0.2, 0.25) is 6.29 Å². The smallest absolute Gasteiger partial charge is 0.286 e. The maximum Gasteiger partial charge on any atom is 0.286 e. The number of fused-ring (bicyclic) bond motifs is 1. The van der Waals surface area contributed by atoms with Gasteiger partial charge < -0.3 is 24.9 Å². The number of amides is 1. The van der Waals surface area contributed by atoms with E-state index in [1.807, 2.05) is 30.3 Å². The Hall–Kier alpha value is -2.38. The Bertz CT molecular complexity index is 810. The van der Waals surface area contributed by atoms with Crippen molar-refractivity contribution in [1.29, 1.82) is 0 Å². The molecule has 2 unspecified atom stereocenters. The number of carbonyl (C=O) groups excluding carboxylic acids is 1. The van der Waals surface area contributed by atoms with Gasteiger partial charge in [0.05, 0.1) is 24.2 Å². The number of aromatic amines is 1. The van der Waals surface area contributed by atoms with E-state index in [-0.39, 0.29) is 12.5 Å². The van der Waals surface area contributed by atoms with E-state index in [4.69, 9.17) is 14.6 Å². The van der Waals surface area contributed by atoms with Crippen LogP contribution in [-0.2, 0) is 20.8 Å².